The maximum Gasteiger partial charge on any atom is 0.303 e. The number of carbonyl (C=O) groups excluding carboxylic acids is 6. The molecule has 282 valence electrons. The smallest absolute Gasteiger partial charge is 0.303 e. The van der Waals surface area contributed by atoms with Crippen molar-refractivity contribution in [1.82, 2.24) is 16.0 Å². The zero-order valence-electron chi connectivity index (χ0n) is 29.0. The SMILES string of the molecule is CC(=O)CC(CCC(=O)O)C(=O)NC(CCC(=O)O)C(=O)CCCCC(=O)NC(CCCCC(=N)N)C(=O)NC(CCCN=C(C)N)C(N)=O. The number of carboxylic acids is 2. The molecule has 0 rings (SSSR count). The Hall–Kier alpha value is -4.90. The molecule has 50 heavy (non-hydrogen) atoms. The van der Waals surface area contributed by atoms with E-state index < -0.39 is 71.8 Å². The Morgan fingerprint density at radius 1 is 0.640 bits per heavy atom. The summed E-state index contributed by atoms with van der Waals surface area (Å²) < 4.78 is 0. The van der Waals surface area contributed by atoms with E-state index in [2.05, 4.69) is 20.9 Å². The van der Waals surface area contributed by atoms with Crippen molar-refractivity contribution in [3.05, 3.63) is 0 Å². The van der Waals surface area contributed by atoms with Crippen LogP contribution in [0.2, 0.25) is 0 Å². The second-order valence-electron chi connectivity index (χ2n) is 12.2. The topological polar surface area (TPSA) is 327 Å². The highest BCUT2D eigenvalue weighted by atomic mass is 16.4. The number of Topliss-reactive ketones (excluding diaryl/α,β-unsaturated/α-hetero) is 2. The number of aliphatic carboxylic acids is 2. The van der Waals surface area contributed by atoms with Gasteiger partial charge in [-0.1, -0.05) is 6.42 Å². The molecule has 4 unspecified atom stereocenters. The number of hydrogen-bond acceptors (Lipinski definition) is 10. The summed E-state index contributed by atoms with van der Waals surface area (Å²) in [5.74, 6) is -6.48. The van der Waals surface area contributed by atoms with Crippen LogP contribution in [0.25, 0.3) is 0 Å². The molecular weight excluding hydrogens is 656 g/mol. The molecule has 12 N–H and O–H groups in total. The number of nitrogens with zero attached hydrogens (tertiary/aromatic N) is 1. The van der Waals surface area contributed by atoms with E-state index in [1.165, 1.54) is 6.92 Å². The molecule has 0 radical (unpaired) electrons. The minimum atomic E-state index is -1.20. The van der Waals surface area contributed by atoms with Gasteiger partial charge in [0.25, 0.3) is 0 Å². The van der Waals surface area contributed by atoms with Crippen molar-refractivity contribution in [3.8, 4) is 0 Å². The fourth-order valence-corrected chi connectivity index (χ4v) is 4.91. The van der Waals surface area contributed by atoms with Crippen molar-refractivity contribution in [3.63, 3.8) is 0 Å². The van der Waals surface area contributed by atoms with E-state index in [0.717, 1.165) is 0 Å². The van der Waals surface area contributed by atoms with Gasteiger partial charge in [0.2, 0.25) is 23.6 Å². The van der Waals surface area contributed by atoms with Crippen LogP contribution in [-0.4, -0.2) is 93.7 Å². The van der Waals surface area contributed by atoms with Crippen molar-refractivity contribution in [2.24, 2.45) is 28.1 Å². The lowest BCUT2D eigenvalue weighted by atomic mass is 9.94. The average Bonchev–Trinajstić information content (AvgIpc) is 3.01. The van der Waals surface area contributed by atoms with E-state index in [1.54, 1.807) is 6.92 Å². The van der Waals surface area contributed by atoms with E-state index >= 15 is 0 Å². The fourth-order valence-electron chi connectivity index (χ4n) is 4.91. The Kier molecular flexibility index (Phi) is 22.7. The molecule has 0 saturated heterocycles. The van der Waals surface area contributed by atoms with Gasteiger partial charge in [-0.15, -0.1) is 0 Å². The Balaban J connectivity index is 5.35. The number of primary amides is 1. The number of amidine groups is 2. The van der Waals surface area contributed by atoms with E-state index in [9.17, 15) is 38.4 Å². The summed E-state index contributed by atoms with van der Waals surface area (Å²) in [5.41, 5.74) is 16.4. The quantitative estimate of drug-likeness (QED) is 0.0282. The lowest BCUT2D eigenvalue weighted by molar-refractivity contribution is -0.140. The van der Waals surface area contributed by atoms with Crippen LogP contribution in [0.15, 0.2) is 4.99 Å². The predicted molar refractivity (Wildman–Crippen MR) is 183 cm³/mol. The van der Waals surface area contributed by atoms with Gasteiger partial charge in [-0.2, -0.15) is 0 Å². The zero-order chi connectivity index (χ0) is 38.2. The highest BCUT2D eigenvalue weighted by molar-refractivity contribution is 5.93. The maximum absolute atomic E-state index is 13.1. The van der Waals surface area contributed by atoms with E-state index in [0.29, 0.717) is 38.1 Å². The fraction of sp³-hybridized carbons (Fsp3) is 0.688. The van der Waals surface area contributed by atoms with E-state index in [1.807, 2.05) is 0 Å². The first kappa shape index (κ1) is 45.1. The summed E-state index contributed by atoms with van der Waals surface area (Å²) in [6.45, 7) is 3.19. The number of hydrogen-bond donors (Lipinski definition) is 9. The number of carboxylic acid groups (broad SMARTS) is 2. The minimum Gasteiger partial charge on any atom is -0.481 e. The summed E-state index contributed by atoms with van der Waals surface area (Å²) >= 11 is 0. The third-order valence-corrected chi connectivity index (χ3v) is 7.55. The Bertz CT molecular complexity index is 1240. The number of amides is 4. The second kappa shape index (κ2) is 25.1. The van der Waals surface area contributed by atoms with Gasteiger partial charge in [-0.3, -0.25) is 44.0 Å². The minimum absolute atomic E-state index is 0.0208. The maximum atomic E-state index is 13.1. The largest absolute Gasteiger partial charge is 0.481 e. The Morgan fingerprint density at radius 2 is 1.20 bits per heavy atom. The molecule has 18 nitrogen and oxygen atoms in total. The van der Waals surface area contributed by atoms with E-state index in [4.69, 9.17) is 32.8 Å². The molecule has 0 bridgehead atoms. The zero-order valence-corrected chi connectivity index (χ0v) is 29.0. The highest BCUT2D eigenvalue weighted by Crippen LogP contribution is 2.15. The van der Waals surface area contributed by atoms with Gasteiger partial charge in [0.05, 0.1) is 17.7 Å². The van der Waals surface area contributed by atoms with Crippen LogP contribution in [0, 0.1) is 11.3 Å². The van der Waals surface area contributed by atoms with Gasteiger partial charge in [-0.25, -0.2) is 0 Å². The lowest BCUT2D eigenvalue weighted by Gasteiger charge is -2.22. The molecular formula is C32H54N8O10. The molecule has 0 aliphatic carbocycles. The van der Waals surface area contributed by atoms with Crippen molar-refractivity contribution >= 4 is 58.8 Å². The van der Waals surface area contributed by atoms with Crippen LogP contribution in [0.4, 0.5) is 0 Å². The number of aliphatic imine (C=N–C) groups is 1. The van der Waals surface area contributed by atoms with Gasteiger partial charge >= 0.3 is 11.9 Å². The van der Waals surface area contributed by atoms with Crippen LogP contribution >= 0.6 is 0 Å². The van der Waals surface area contributed by atoms with Crippen molar-refractivity contribution in [2.75, 3.05) is 6.54 Å². The second-order valence-corrected chi connectivity index (χ2v) is 12.2. The molecule has 4 amide bonds. The molecule has 0 aromatic heterocycles. The Labute approximate surface area is 291 Å². The molecule has 0 fully saturated rings. The molecule has 18 heteroatoms. The molecule has 0 aliphatic rings. The predicted octanol–water partition coefficient (Wildman–Crippen LogP) is 0.0342. The third-order valence-electron chi connectivity index (χ3n) is 7.55. The van der Waals surface area contributed by atoms with Crippen LogP contribution in [-0.2, 0) is 38.4 Å². The van der Waals surface area contributed by atoms with Crippen LogP contribution < -0.4 is 33.2 Å². The molecule has 0 aliphatic heterocycles. The van der Waals surface area contributed by atoms with Crippen LogP contribution in [0.1, 0.15) is 110 Å². The average molecular weight is 711 g/mol. The number of nitrogens with two attached hydrogens (primary N) is 3. The Morgan fingerprint density at radius 3 is 1.76 bits per heavy atom. The number of carbonyl (C=O) groups is 8. The first-order valence-corrected chi connectivity index (χ1v) is 16.7. The molecule has 4 atom stereocenters. The summed E-state index contributed by atoms with van der Waals surface area (Å²) in [6, 6.07) is -3.23. The molecule has 0 spiro atoms. The summed E-state index contributed by atoms with van der Waals surface area (Å²) in [7, 11) is 0. The number of ketones is 2. The summed E-state index contributed by atoms with van der Waals surface area (Å²) in [6.07, 6.45) is 0.805. The lowest BCUT2D eigenvalue weighted by Crippen LogP contribution is -2.53. The molecule has 0 aromatic rings. The highest BCUT2D eigenvalue weighted by Gasteiger charge is 2.28. The molecule has 0 saturated carbocycles. The summed E-state index contributed by atoms with van der Waals surface area (Å²) in [5, 5.41) is 33.2. The van der Waals surface area contributed by atoms with Crippen LogP contribution in [0.3, 0.4) is 0 Å². The first-order valence-electron chi connectivity index (χ1n) is 16.7. The first-order chi connectivity index (χ1) is 23.4. The van der Waals surface area contributed by atoms with Gasteiger partial charge in [0.15, 0.2) is 5.78 Å². The van der Waals surface area contributed by atoms with Crippen molar-refractivity contribution in [2.45, 2.75) is 128 Å². The van der Waals surface area contributed by atoms with Gasteiger partial charge in [0, 0.05) is 51.0 Å². The number of nitrogens with one attached hydrogen (secondary N) is 4. The summed E-state index contributed by atoms with van der Waals surface area (Å²) in [4.78, 5) is 102. The van der Waals surface area contributed by atoms with Gasteiger partial charge < -0.3 is 48.2 Å². The number of rotatable bonds is 29. The standard InChI is InChI=1S/C32H54N8O10/c1-19(41)18-21(13-15-28(44)45)31(49)39-22(14-16-29(46)47)25(42)10-4-6-12-27(43)38-24(8-3-5-11-26(34)35)32(50)40-23(30(36)48)9-7-17-37-20(2)33/h21-24H,3-18H2,1-2H3,(H2,33,37)(H3,34,35)(H2,36,48)(H,38,43)(H,39,49)(H,40,50)(H,44,45)(H,46,47). The van der Waals surface area contributed by atoms with Crippen LogP contribution in [0.5, 0.6) is 0 Å². The monoisotopic (exact) mass is 710 g/mol. The van der Waals surface area contributed by atoms with Crippen molar-refractivity contribution in [1.29, 1.82) is 5.41 Å². The normalized spacial score (nSPS) is 13.6. The number of unbranched alkanes of at least 4 members (excludes halogenated alkanes) is 2. The molecule has 0 heterocycles. The molecule has 0 aromatic carbocycles. The van der Waals surface area contributed by atoms with Crippen molar-refractivity contribution < 1.29 is 48.6 Å². The third kappa shape index (κ3) is 22.6. The van der Waals surface area contributed by atoms with Gasteiger partial charge in [0.1, 0.15) is 17.9 Å². The van der Waals surface area contributed by atoms with Gasteiger partial charge in [-0.05, 0) is 65.2 Å². The van der Waals surface area contributed by atoms with E-state index in [-0.39, 0.29) is 75.8 Å².